The highest BCUT2D eigenvalue weighted by atomic mass is 32.1. The average Bonchev–Trinajstić information content (AvgIpc) is 3.37. The minimum Gasteiger partial charge on any atom is -0.345 e. The van der Waals surface area contributed by atoms with Crippen LogP contribution in [0.15, 0.2) is 48.9 Å². The molecule has 5 aromatic heterocycles. The number of carbonyl (C=O) groups is 1. The fourth-order valence-corrected chi connectivity index (χ4v) is 4.39. The van der Waals surface area contributed by atoms with Crippen LogP contribution in [0.5, 0.6) is 0 Å². The van der Waals surface area contributed by atoms with Gasteiger partial charge in [-0.25, -0.2) is 15.0 Å². The summed E-state index contributed by atoms with van der Waals surface area (Å²) in [7, 11) is 0. The molecule has 1 amide bonds. The van der Waals surface area contributed by atoms with Crippen LogP contribution < -0.4 is 5.32 Å². The number of pyridine rings is 2. The van der Waals surface area contributed by atoms with Gasteiger partial charge in [-0.3, -0.25) is 4.79 Å². The number of hydrogen-bond acceptors (Lipinski definition) is 5. The van der Waals surface area contributed by atoms with Crippen LogP contribution in [-0.4, -0.2) is 30.2 Å². The SMILES string of the molecule is Cc1nc2ccccn2c1CC(=O)Nc1nc(-c2c[nH]c3ncccc23)c(C)s1. The number of nitrogens with one attached hydrogen (secondary N) is 2. The largest absolute Gasteiger partial charge is 0.345 e. The predicted molar refractivity (Wildman–Crippen MR) is 114 cm³/mol. The number of nitrogens with zero attached hydrogens (tertiary/aromatic N) is 4. The number of rotatable bonds is 4. The lowest BCUT2D eigenvalue weighted by atomic mass is 10.1. The number of imidazole rings is 1. The van der Waals surface area contributed by atoms with Gasteiger partial charge in [0.25, 0.3) is 0 Å². The normalized spacial score (nSPS) is 11.4. The lowest BCUT2D eigenvalue weighted by Crippen LogP contribution is -2.16. The maximum Gasteiger partial charge on any atom is 0.232 e. The molecule has 8 heteroatoms. The average molecular weight is 402 g/mol. The van der Waals surface area contributed by atoms with E-state index in [1.807, 2.05) is 61.0 Å². The quantitative estimate of drug-likeness (QED) is 0.473. The maximum absolute atomic E-state index is 12.7. The number of aromatic amines is 1. The van der Waals surface area contributed by atoms with Gasteiger partial charge in [0, 0.05) is 34.4 Å². The number of anilines is 1. The molecule has 0 unspecified atom stereocenters. The summed E-state index contributed by atoms with van der Waals surface area (Å²) in [6.07, 6.45) is 5.83. The molecule has 0 aliphatic carbocycles. The first kappa shape index (κ1) is 17.6. The molecule has 0 fully saturated rings. The van der Waals surface area contributed by atoms with Crippen LogP contribution in [0, 0.1) is 13.8 Å². The Labute approximate surface area is 170 Å². The molecule has 0 radical (unpaired) electrons. The van der Waals surface area contributed by atoms with Gasteiger partial charge in [0.2, 0.25) is 5.91 Å². The Kier molecular flexibility index (Phi) is 4.13. The van der Waals surface area contributed by atoms with Crippen molar-refractivity contribution in [3.05, 3.63) is 65.2 Å². The van der Waals surface area contributed by atoms with E-state index in [1.165, 1.54) is 11.3 Å². The number of thiazole rings is 1. The van der Waals surface area contributed by atoms with Crippen LogP contribution in [0.2, 0.25) is 0 Å². The van der Waals surface area contributed by atoms with Crippen molar-refractivity contribution in [2.24, 2.45) is 0 Å². The maximum atomic E-state index is 12.7. The Morgan fingerprint density at radius 3 is 3.00 bits per heavy atom. The Hall–Kier alpha value is -3.52. The van der Waals surface area contributed by atoms with Crippen molar-refractivity contribution in [1.29, 1.82) is 0 Å². The summed E-state index contributed by atoms with van der Waals surface area (Å²) in [4.78, 5) is 30.4. The number of aromatic nitrogens is 5. The number of aryl methyl sites for hydroxylation is 2. The molecule has 0 atom stereocenters. The van der Waals surface area contributed by atoms with Gasteiger partial charge in [-0.2, -0.15) is 0 Å². The van der Waals surface area contributed by atoms with Crippen molar-refractivity contribution >= 4 is 39.1 Å². The molecule has 5 rings (SSSR count). The van der Waals surface area contributed by atoms with E-state index in [4.69, 9.17) is 0 Å². The third kappa shape index (κ3) is 3.07. The van der Waals surface area contributed by atoms with Crippen molar-refractivity contribution in [3.63, 3.8) is 0 Å². The minimum atomic E-state index is -0.111. The van der Waals surface area contributed by atoms with Crippen LogP contribution in [0.25, 0.3) is 27.9 Å². The molecule has 144 valence electrons. The van der Waals surface area contributed by atoms with Gasteiger partial charge in [-0.05, 0) is 38.1 Å². The van der Waals surface area contributed by atoms with E-state index in [0.717, 1.165) is 44.2 Å². The molecule has 0 aromatic carbocycles. The van der Waals surface area contributed by atoms with Gasteiger partial charge in [0.1, 0.15) is 11.3 Å². The summed E-state index contributed by atoms with van der Waals surface area (Å²) in [5.74, 6) is -0.111. The molecular formula is C21H18N6OS. The number of carbonyl (C=O) groups excluding carboxylic acids is 1. The van der Waals surface area contributed by atoms with Crippen molar-refractivity contribution in [1.82, 2.24) is 24.3 Å². The molecular weight excluding hydrogens is 384 g/mol. The summed E-state index contributed by atoms with van der Waals surface area (Å²) < 4.78 is 1.95. The lowest BCUT2D eigenvalue weighted by molar-refractivity contribution is -0.115. The van der Waals surface area contributed by atoms with Crippen molar-refractivity contribution in [3.8, 4) is 11.3 Å². The zero-order valence-electron chi connectivity index (χ0n) is 15.9. The summed E-state index contributed by atoms with van der Waals surface area (Å²) in [6.45, 7) is 3.93. The molecule has 0 aliphatic heterocycles. The first-order valence-electron chi connectivity index (χ1n) is 9.22. The van der Waals surface area contributed by atoms with Gasteiger partial charge in [0.15, 0.2) is 5.13 Å². The Bertz CT molecular complexity index is 1360. The van der Waals surface area contributed by atoms with Gasteiger partial charge < -0.3 is 14.7 Å². The van der Waals surface area contributed by atoms with E-state index < -0.39 is 0 Å². The molecule has 7 nitrogen and oxygen atoms in total. The number of H-pyrrole nitrogens is 1. The van der Waals surface area contributed by atoms with E-state index in [-0.39, 0.29) is 12.3 Å². The van der Waals surface area contributed by atoms with Crippen molar-refractivity contribution < 1.29 is 4.79 Å². The molecule has 0 spiro atoms. The molecule has 0 aliphatic rings. The summed E-state index contributed by atoms with van der Waals surface area (Å²) in [6, 6.07) is 9.72. The molecule has 0 saturated heterocycles. The molecule has 5 aromatic rings. The summed E-state index contributed by atoms with van der Waals surface area (Å²) in [5.41, 5.74) is 5.25. The van der Waals surface area contributed by atoms with E-state index >= 15 is 0 Å². The van der Waals surface area contributed by atoms with Crippen LogP contribution in [0.1, 0.15) is 16.3 Å². The summed E-state index contributed by atoms with van der Waals surface area (Å²) in [5, 5.41) is 4.55. The fourth-order valence-electron chi connectivity index (χ4n) is 3.54. The highest BCUT2D eigenvalue weighted by Crippen LogP contribution is 2.34. The first-order chi connectivity index (χ1) is 14.1. The highest BCUT2D eigenvalue weighted by molar-refractivity contribution is 7.16. The monoisotopic (exact) mass is 402 g/mol. The van der Waals surface area contributed by atoms with E-state index in [1.54, 1.807) is 6.20 Å². The van der Waals surface area contributed by atoms with Gasteiger partial charge >= 0.3 is 0 Å². The standard InChI is InChI=1S/C21H18N6OS/c1-12-16(27-9-4-3-7-17(27)24-12)10-18(28)25-21-26-19(13(2)29-21)15-11-23-20-14(15)6-5-8-22-20/h3-9,11H,10H2,1-2H3,(H,22,23)(H,25,26,28). The second kappa shape index (κ2) is 6.82. The van der Waals surface area contributed by atoms with Crippen LogP contribution in [0.4, 0.5) is 5.13 Å². The van der Waals surface area contributed by atoms with Gasteiger partial charge in [0.05, 0.1) is 23.5 Å². The minimum absolute atomic E-state index is 0.111. The Balaban J connectivity index is 1.40. The highest BCUT2D eigenvalue weighted by Gasteiger charge is 2.17. The zero-order chi connectivity index (χ0) is 20.0. The molecule has 2 N–H and O–H groups in total. The molecule has 5 heterocycles. The zero-order valence-corrected chi connectivity index (χ0v) is 16.7. The van der Waals surface area contributed by atoms with Crippen molar-refractivity contribution in [2.45, 2.75) is 20.3 Å². The second-order valence-corrected chi connectivity index (χ2v) is 8.03. The van der Waals surface area contributed by atoms with Crippen LogP contribution >= 0.6 is 11.3 Å². The van der Waals surface area contributed by atoms with E-state index in [2.05, 4.69) is 25.3 Å². The van der Waals surface area contributed by atoms with E-state index in [0.29, 0.717) is 5.13 Å². The van der Waals surface area contributed by atoms with Gasteiger partial charge in [-0.15, -0.1) is 11.3 Å². The van der Waals surface area contributed by atoms with Crippen LogP contribution in [-0.2, 0) is 11.2 Å². The number of amides is 1. The molecule has 0 saturated carbocycles. The number of hydrogen-bond donors (Lipinski definition) is 2. The van der Waals surface area contributed by atoms with Gasteiger partial charge in [-0.1, -0.05) is 6.07 Å². The Morgan fingerprint density at radius 1 is 1.21 bits per heavy atom. The topological polar surface area (TPSA) is 88.0 Å². The summed E-state index contributed by atoms with van der Waals surface area (Å²) >= 11 is 1.47. The fraction of sp³-hybridized carbons (Fsp3) is 0.143. The predicted octanol–water partition coefficient (Wildman–Crippen LogP) is 4.13. The Morgan fingerprint density at radius 2 is 2.10 bits per heavy atom. The lowest BCUT2D eigenvalue weighted by Gasteiger charge is -2.03. The smallest absolute Gasteiger partial charge is 0.232 e. The number of fused-ring (bicyclic) bond motifs is 2. The molecule has 29 heavy (non-hydrogen) atoms. The van der Waals surface area contributed by atoms with E-state index in [9.17, 15) is 4.79 Å². The van der Waals surface area contributed by atoms with Crippen molar-refractivity contribution in [2.75, 3.05) is 5.32 Å². The third-order valence-electron chi connectivity index (χ3n) is 4.91. The third-order valence-corrected chi connectivity index (χ3v) is 5.79. The second-order valence-electron chi connectivity index (χ2n) is 6.82. The molecule has 0 bridgehead atoms. The first-order valence-corrected chi connectivity index (χ1v) is 10.0. The van der Waals surface area contributed by atoms with Crippen LogP contribution in [0.3, 0.4) is 0 Å².